The van der Waals surface area contributed by atoms with Gasteiger partial charge in [0.2, 0.25) is 11.8 Å². The van der Waals surface area contributed by atoms with Crippen LogP contribution >= 0.6 is 0 Å². The molecule has 3 N–H and O–H groups in total. The molecule has 0 bridgehead atoms. The summed E-state index contributed by atoms with van der Waals surface area (Å²) in [6.07, 6.45) is 0.488. The second kappa shape index (κ2) is 12.3. The Hall–Kier alpha value is -3.55. The fourth-order valence-corrected chi connectivity index (χ4v) is 2.92. The Morgan fingerprint density at radius 1 is 0.844 bits per heavy atom. The molecule has 3 amide bonds. The van der Waals surface area contributed by atoms with Crippen molar-refractivity contribution in [2.75, 3.05) is 18.5 Å². The average Bonchev–Trinajstić information content (AvgIpc) is 2.74. The number of carbonyl (C=O) groups excluding carboxylic acids is 3. The molecule has 0 aliphatic carbocycles. The Morgan fingerprint density at radius 3 is 2.12 bits per heavy atom. The van der Waals surface area contributed by atoms with Gasteiger partial charge < -0.3 is 14.8 Å². The Labute approximate surface area is 188 Å². The topological polar surface area (TPSA) is 106 Å². The lowest BCUT2D eigenvalue weighted by molar-refractivity contribution is -0.121. The molecule has 2 rings (SSSR count). The zero-order chi connectivity index (χ0) is 23.5. The third-order valence-corrected chi connectivity index (χ3v) is 4.31. The van der Waals surface area contributed by atoms with Crippen LogP contribution in [0.1, 0.15) is 50.0 Å². The molecule has 8 nitrogen and oxygen atoms in total. The average molecular weight is 442 g/mol. The van der Waals surface area contributed by atoms with Gasteiger partial charge in [0.15, 0.2) is 11.5 Å². The fraction of sp³-hybridized carbons (Fsp3) is 0.375. The SMILES string of the molecule is CCOc1ccc(CC(=O)NNC(=O)c2ccc(NC(=O)CC(C)C)cc2)cc1OCC. The summed E-state index contributed by atoms with van der Waals surface area (Å²) in [6.45, 7) is 8.68. The molecule has 2 aromatic rings. The van der Waals surface area contributed by atoms with Crippen molar-refractivity contribution < 1.29 is 23.9 Å². The molecule has 172 valence electrons. The van der Waals surface area contributed by atoms with E-state index in [0.717, 1.165) is 5.56 Å². The maximum absolute atomic E-state index is 12.3. The van der Waals surface area contributed by atoms with E-state index >= 15 is 0 Å². The summed E-state index contributed by atoms with van der Waals surface area (Å²) in [7, 11) is 0. The zero-order valence-corrected chi connectivity index (χ0v) is 19.0. The van der Waals surface area contributed by atoms with Crippen LogP contribution in [-0.4, -0.2) is 30.9 Å². The van der Waals surface area contributed by atoms with Gasteiger partial charge >= 0.3 is 0 Å². The maximum atomic E-state index is 12.3. The number of carbonyl (C=O) groups is 3. The summed E-state index contributed by atoms with van der Waals surface area (Å²) in [5.41, 5.74) is 6.49. The predicted octanol–water partition coefficient (Wildman–Crippen LogP) is 3.47. The number of amides is 3. The second-order valence-corrected chi connectivity index (χ2v) is 7.55. The van der Waals surface area contributed by atoms with E-state index in [1.54, 1.807) is 42.5 Å². The van der Waals surface area contributed by atoms with Gasteiger partial charge in [-0.05, 0) is 61.7 Å². The molecule has 32 heavy (non-hydrogen) atoms. The minimum absolute atomic E-state index is 0.0631. The van der Waals surface area contributed by atoms with E-state index in [9.17, 15) is 14.4 Å². The van der Waals surface area contributed by atoms with Crippen molar-refractivity contribution in [2.45, 2.75) is 40.5 Å². The number of nitrogens with one attached hydrogen (secondary N) is 3. The molecule has 0 heterocycles. The Morgan fingerprint density at radius 2 is 1.50 bits per heavy atom. The summed E-state index contributed by atoms with van der Waals surface area (Å²) in [5, 5.41) is 2.78. The standard InChI is InChI=1S/C24H31N3O5/c1-5-31-20-12-7-17(14-21(20)32-6-2)15-23(29)26-27-24(30)18-8-10-19(11-9-18)25-22(28)13-16(3)4/h7-12,14,16H,5-6,13,15H2,1-4H3,(H,25,28)(H,26,29)(H,27,30). The first-order valence-corrected chi connectivity index (χ1v) is 10.7. The molecule has 8 heteroatoms. The number of benzene rings is 2. The number of rotatable bonds is 10. The van der Waals surface area contributed by atoms with Gasteiger partial charge in [-0.2, -0.15) is 0 Å². The van der Waals surface area contributed by atoms with Gasteiger partial charge in [0.1, 0.15) is 0 Å². The molecule has 2 aromatic carbocycles. The van der Waals surface area contributed by atoms with E-state index in [2.05, 4.69) is 16.2 Å². The first kappa shape index (κ1) is 24.7. The van der Waals surface area contributed by atoms with E-state index in [0.29, 0.717) is 42.4 Å². The predicted molar refractivity (Wildman–Crippen MR) is 123 cm³/mol. The van der Waals surface area contributed by atoms with Crippen LogP contribution in [0.2, 0.25) is 0 Å². The first-order chi connectivity index (χ1) is 15.3. The largest absolute Gasteiger partial charge is 0.490 e. The number of hydrazine groups is 1. The van der Waals surface area contributed by atoms with Gasteiger partial charge in [-0.25, -0.2) is 0 Å². The summed E-state index contributed by atoms with van der Waals surface area (Å²) in [5.74, 6) is 0.547. The van der Waals surface area contributed by atoms with Crippen molar-refractivity contribution in [3.8, 4) is 11.5 Å². The normalized spacial score (nSPS) is 10.4. The van der Waals surface area contributed by atoms with E-state index in [1.165, 1.54) is 0 Å². The molecule has 0 aromatic heterocycles. The Bertz CT molecular complexity index is 926. The highest BCUT2D eigenvalue weighted by atomic mass is 16.5. The van der Waals surface area contributed by atoms with E-state index < -0.39 is 5.91 Å². The smallest absolute Gasteiger partial charge is 0.269 e. The lowest BCUT2D eigenvalue weighted by Gasteiger charge is -2.13. The molecule has 0 atom stereocenters. The molecule has 0 fully saturated rings. The van der Waals surface area contributed by atoms with Crippen molar-refractivity contribution in [1.82, 2.24) is 10.9 Å². The highest BCUT2D eigenvalue weighted by Crippen LogP contribution is 2.28. The maximum Gasteiger partial charge on any atom is 0.269 e. The van der Waals surface area contributed by atoms with Gasteiger partial charge in [0.05, 0.1) is 19.6 Å². The van der Waals surface area contributed by atoms with E-state index in [1.807, 2.05) is 27.7 Å². The van der Waals surface area contributed by atoms with Crippen molar-refractivity contribution in [2.24, 2.45) is 5.92 Å². The number of ether oxygens (including phenoxy) is 2. The summed E-state index contributed by atoms with van der Waals surface area (Å²) < 4.78 is 11.1. The van der Waals surface area contributed by atoms with Crippen LogP contribution in [0.4, 0.5) is 5.69 Å². The van der Waals surface area contributed by atoms with Crippen molar-refractivity contribution in [3.63, 3.8) is 0 Å². The van der Waals surface area contributed by atoms with Crippen LogP contribution in [0.3, 0.4) is 0 Å². The molecule has 0 saturated carbocycles. The molecule has 0 unspecified atom stereocenters. The third-order valence-electron chi connectivity index (χ3n) is 4.31. The van der Waals surface area contributed by atoms with Crippen LogP contribution in [0, 0.1) is 5.92 Å². The second-order valence-electron chi connectivity index (χ2n) is 7.55. The minimum Gasteiger partial charge on any atom is -0.490 e. The summed E-state index contributed by atoms with van der Waals surface area (Å²) in [6, 6.07) is 11.7. The molecule has 0 aliphatic rings. The molecule has 0 aliphatic heterocycles. The van der Waals surface area contributed by atoms with Crippen LogP contribution in [0.15, 0.2) is 42.5 Å². The number of anilines is 1. The molecule has 0 saturated heterocycles. The summed E-state index contributed by atoms with van der Waals surface area (Å²) >= 11 is 0. The molecular weight excluding hydrogens is 410 g/mol. The third kappa shape index (κ3) is 7.94. The zero-order valence-electron chi connectivity index (χ0n) is 19.0. The van der Waals surface area contributed by atoms with Crippen LogP contribution < -0.4 is 25.6 Å². The van der Waals surface area contributed by atoms with E-state index in [4.69, 9.17) is 9.47 Å². The van der Waals surface area contributed by atoms with Crippen molar-refractivity contribution in [3.05, 3.63) is 53.6 Å². The van der Waals surface area contributed by atoms with Gasteiger partial charge in [-0.3, -0.25) is 25.2 Å². The molecule has 0 spiro atoms. The monoisotopic (exact) mass is 441 g/mol. The Balaban J connectivity index is 1.88. The highest BCUT2D eigenvalue weighted by molar-refractivity contribution is 5.96. The lowest BCUT2D eigenvalue weighted by Crippen LogP contribution is -2.42. The minimum atomic E-state index is -0.458. The highest BCUT2D eigenvalue weighted by Gasteiger charge is 2.12. The van der Waals surface area contributed by atoms with E-state index in [-0.39, 0.29) is 24.2 Å². The van der Waals surface area contributed by atoms with Gasteiger partial charge in [0, 0.05) is 17.7 Å². The van der Waals surface area contributed by atoms with Gasteiger partial charge in [-0.1, -0.05) is 19.9 Å². The van der Waals surface area contributed by atoms with Gasteiger partial charge in [-0.15, -0.1) is 0 Å². The lowest BCUT2D eigenvalue weighted by atomic mass is 10.1. The molecule has 0 radical (unpaired) electrons. The van der Waals surface area contributed by atoms with Crippen LogP contribution in [0.25, 0.3) is 0 Å². The number of hydrogen-bond donors (Lipinski definition) is 3. The van der Waals surface area contributed by atoms with Gasteiger partial charge in [0.25, 0.3) is 5.91 Å². The van der Waals surface area contributed by atoms with Crippen molar-refractivity contribution in [1.29, 1.82) is 0 Å². The fourth-order valence-electron chi connectivity index (χ4n) is 2.92. The Kier molecular flexibility index (Phi) is 9.53. The molecular formula is C24H31N3O5. The van der Waals surface area contributed by atoms with Crippen LogP contribution in [-0.2, 0) is 16.0 Å². The van der Waals surface area contributed by atoms with Crippen molar-refractivity contribution >= 4 is 23.4 Å². The summed E-state index contributed by atoms with van der Waals surface area (Å²) in [4.78, 5) is 36.4. The van der Waals surface area contributed by atoms with Crippen LogP contribution in [0.5, 0.6) is 11.5 Å². The first-order valence-electron chi connectivity index (χ1n) is 10.7. The number of hydrogen-bond acceptors (Lipinski definition) is 5. The quantitative estimate of drug-likeness (QED) is 0.490.